The van der Waals surface area contributed by atoms with E-state index >= 15 is 0 Å². The Labute approximate surface area is 237 Å². The van der Waals surface area contributed by atoms with E-state index in [9.17, 15) is 9.90 Å². The fraction of sp³-hybridized carbons (Fsp3) is 0.0938. The molecule has 0 spiro atoms. The van der Waals surface area contributed by atoms with E-state index in [-0.39, 0.29) is 17.6 Å². The van der Waals surface area contributed by atoms with Crippen LogP contribution in [0, 0.1) is 6.92 Å². The summed E-state index contributed by atoms with van der Waals surface area (Å²) < 4.78 is 8.05. The normalized spacial score (nSPS) is 16.5. The van der Waals surface area contributed by atoms with Gasteiger partial charge in [0.2, 0.25) is 0 Å². The molecular formula is C32H26N4O3S. The van der Waals surface area contributed by atoms with Crippen LogP contribution < -0.4 is 15.0 Å². The number of anilines is 1. The first-order valence-electron chi connectivity index (χ1n) is 12.8. The number of hydrogen-bond acceptors (Lipinski definition) is 4. The Hall–Kier alpha value is -4.95. The zero-order chi connectivity index (χ0) is 27.6. The summed E-state index contributed by atoms with van der Waals surface area (Å²) >= 11 is 5.88. The standard InChI is InChI=1S/C32H26N4O3S/c1-21-10-14-25(15-11-21)39-26-16-12-23(13-17-26)36-30(29(34-32(36)40)27-8-2-3-18-33-27)28-9-5-19-35(28)24-7-4-6-22(20-24)31(37)38/h2-20,29-30H,1H3,(H,34,40)(H,37,38). The molecule has 6 rings (SSSR count). The highest BCUT2D eigenvalue weighted by atomic mass is 32.1. The molecule has 7 nitrogen and oxygen atoms in total. The van der Waals surface area contributed by atoms with Gasteiger partial charge in [0, 0.05) is 29.5 Å². The average Bonchev–Trinajstić information content (AvgIpc) is 3.60. The molecule has 1 aliphatic heterocycles. The number of aromatic carboxylic acids is 1. The topological polar surface area (TPSA) is 79.6 Å². The molecule has 2 aromatic heterocycles. The number of rotatable bonds is 7. The second-order valence-electron chi connectivity index (χ2n) is 9.56. The minimum Gasteiger partial charge on any atom is -0.478 e. The first-order chi connectivity index (χ1) is 19.5. The average molecular weight is 547 g/mol. The zero-order valence-corrected chi connectivity index (χ0v) is 22.5. The SMILES string of the molecule is Cc1ccc(Oc2ccc(N3C(=S)NC(c4ccccn4)C3c3cccn3-c3cccc(C(=O)O)c3)cc2)cc1. The number of carbonyl (C=O) groups is 1. The van der Waals surface area contributed by atoms with Crippen LogP contribution in [0.2, 0.25) is 0 Å². The monoisotopic (exact) mass is 546 g/mol. The molecular weight excluding hydrogens is 520 g/mol. The lowest BCUT2D eigenvalue weighted by molar-refractivity contribution is 0.0697. The summed E-state index contributed by atoms with van der Waals surface area (Å²) in [4.78, 5) is 18.4. The first-order valence-corrected chi connectivity index (χ1v) is 13.2. The molecule has 3 aromatic carbocycles. The number of carboxylic acids is 1. The van der Waals surface area contributed by atoms with Gasteiger partial charge < -0.3 is 24.6 Å². The molecule has 1 saturated heterocycles. The summed E-state index contributed by atoms with van der Waals surface area (Å²) in [5.74, 6) is 0.517. The van der Waals surface area contributed by atoms with Crippen LogP contribution in [0.4, 0.5) is 5.69 Å². The third kappa shape index (κ3) is 4.92. The lowest BCUT2D eigenvalue weighted by atomic mass is 10.0. The summed E-state index contributed by atoms with van der Waals surface area (Å²) in [5.41, 5.74) is 4.82. The lowest BCUT2D eigenvalue weighted by Crippen LogP contribution is -2.30. The molecule has 0 aliphatic carbocycles. The number of hydrogen-bond donors (Lipinski definition) is 2. The molecule has 198 valence electrons. The molecule has 0 amide bonds. The number of pyridine rings is 1. The first kappa shape index (κ1) is 25.3. The maximum atomic E-state index is 11.7. The van der Waals surface area contributed by atoms with Crippen molar-refractivity contribution < 1.29 is 14.6 Å². The maximum absolute atomic E-state index is 11.7. The number of ether oxygens (including phenoxy) is 1. The van der Waals surface area contributed by atoms with E-state index in [0.717, 1.165) is 34.3 Å². The fourth-order valence-electron chi connectivity index (χ4n) is 5.01. The van der Waals surface area contributed by atoms with E-state index in [0.29, 0.717) is 5.11 Å². The van der Waals surface area contributed by atoms with E-state index in [2.05, 4.69) is 15.2 Å². The number of aromatic nitrogens is 2. The van der Waals surface area contributed by atoms with Gasteiger partial charge in [-0.05, 0) is 98.0 Å². The van der Waals surface area contributed by atoms with Crippen LogP contribution in [0.25, 0.3) is 5.69 Å². The van der Waals surface area contributed by atoms with Gasteiger partial charge in [-0.2, -0.15) is 0 Å². The van der Waals surface area contributed by atoms with Gasteiger partial charge in [0.1, 0.15) is 17.5 Å². The molecule has 0 saturated carbocycles. The van der Waals surface area contributed by atoms with E-state index in [4.69, 9.17) is 17.0 Å². The van der Waals surface area contributed by atoms with Crippen molar-refractivity contribution in [2.45, 2.75) is 19.0 Å². The van der Waals surface area contributed by atoms with Crippen molar-refractivity contribution >= 4 is 29.0 Å². The largest absolute Gasteiger partial charge is 0.478 e. The van der Waals surface area contributed by atoms with Crippen molar-refractivity contribution in [1.82, 2.24) is 14.9 Å². The number of benzene rings is 3. The van der Waals surface area contributed by atoms with E-state index in [1.165, 1.54) is 5.56 Å². The van der Waals surface area contributed by atoms with E-state index in [1.54, 1.807) is 24.4 Å². The van der Waals surface area contributed by atoms with Gasteiger partial charge in [0.05, 0.1) is 17.3 Å². The highest BCUT2D eigenvalue weighted by Crippen LogP contribution is 2.42. The van der Waals surface area contributed by atoms with Gasteiger partial charge in [-0.15, -0.1) is 0 Å². The number of aryl methyl sites for hydroxylation is 1. The van der Waals surface area contributed by atoms with Gasteiger partial charge in [0.15, 0.2) is 5.11 Å². The highest BCUT2D eigenvalue weighted by molar-refractivity contribution is 7.80. The Morgan fingerprint density at radius 3 is 2.35 bits per heavy atom. The minimum absolute atomic E-state index is 0.222. The Morgan fingerprint density at radius 1 is 0.900 bits per heavy atom. The van der Waals surface area contributed by atoms with Crippen LogP contribution in [-0.4, -0.2) is 25.7 Å². The molecule has 2 N–H and O–H groups in total. The zero-order valence-electron chi connectivity index (χ0n) is 21.6. The van der Waals surface area contributed by atoms with E-state index < -0.39 is 5.97 Å². The Balaban J connectivity index is 1.40. The van der Waals surface area contributed by atoms with Crippen molar-refractivity contribution in [1.29, 1.82) is 0 Å². The quantitative estimate of drug-likeness (QED) is 0.216. The second-order valence-corrected chi connectivity index (χ2v) is 9.95. The van der Waals surface area contributed by atoms with Gasteiger partial charge in [0.25, 0.3) is 0 Å². The molecule has 40 heavy (non-hydrogen) atoms. The van der Waals surface area contributed by atoms with Crippen LogP contribution in [0.5, 0.6) is 11.5 Å². The molecule has 0 radical (unpaired) electrons. The van der Waals surface area contributed by atoms with Crippen molar-refractivity contribution in [2.75, 3.05) is 4.90 Å². The molecule has 0 bridgehead atoms. The summed E-state index contributed by atoms with van der Waals surface area (Å²) in [6, 6.07) is 32.0. The Bertz CT molecular complexity index is 1670. The van der Waals surface area contributed by atoms with Crippen LogP contribution in [0.3, 0.4) is 0 Å². The molecule has 1 fully saturated rings. The molecule has 2 unspecified atom stereocenters. The summed E-state index contributed by atoms with van der Waals surface area (Å²) in [6.07, 6.45) is 3.70. The predicted octanol–water partition coefficient (Wildman–Crippen LogP) is 6.85. The molecule has 8 heteroatoms. The summed E-state index contributed by atoms with van der Waals surface area (Å²) in [7, 11) is 0. The second kappa shape index (κ2) is 10.7. The van der Waals surface area contributed by atoms with Crippen molar-refractivity contribution in [3.63, 3.8) is 0 Å². The smallest absolute Gasteiger partial charge is 0.335 e. The van der Waals surface area contributed by atoms with Crippen molar-refractivity contribution in [3.05, 3.63) is 138 Å². The fourth-order valence-corrected chi connectivity index (χ4v) is 5.36. The highest BCUT2D eigenvalue weighted by Gasteiger charge is 2.42. The minimum atomic E-state index is -0.972. The molecule has 5 aromatic rings. The number of carboxylic acid groups (broad SMARTS) is 1. The van der Waals surface area contributed by atoms with Crippen LogP contribution in [0.15, 0.2) is 116 Å². The summed E-state index contributed by atoms with van der Waals surface area (Å²) in [6.45, 7) is 2.04. The van der Waals surface area contributed by atoms with Gasteiger partial charge >= 0.3 is 5.97 Å². The molecule has 2 atom stereocenters. The van der Waals surface area contributed by atoms with Gasteiger partial charge in [-0.25, -0.2) is 4.79 Å². The van der Waals surface area contributed by atoms with Gasteiger partial charge in [-0.1, -0.05) is 29.8 Å². The number of thiocarbonyl (C=S) groups is 1. The van der Waals surface area contributed by atoms with E-state index in [1.807, 2.05) is 103 Å². The van der Waals surface area contributed by atoms with Crippen LogP contribution in [0.1, 0.15) is 39.4 Å². The van der Waals surface area contributed by atoms with Crippen LogP contribution in [-0.2, 0) is 0 Å². The molecule has 1 aliphatic rings. The lowest BCUT2D eigenvalue weighted by Gasteiger charge is -2.29. The maximum Gasteiger partial charge on any atom is 0.335 e. The predicted molar refractivity (Wildman–Crippen MR) is 158 cm³/mol. The van der Waals surface area contributed by atoms with Gasteiger partial charge in [-0.3, -0.25) is 4.98 Å². The third-order valence-corrected chi connectivity index (χ3v) is 7.24. The number of nitrogens with zero attached hydrogens (tertiary/aromatic N) is 3. The summed E-state index contributed by atoms with van der Waals surface area (Å²) in [5, 5.41) is 13.6. The number of nitrogens with one attached hydrogen (secondary N) is 1. The van der Waals surface area contributed by atoms with Crippen molar-refractivity contribution in [3.8, 4) is 17.2 Å². The van der Waals surface area contributed by atoms with Crippen LogP contribution >= 0.6 is 12.2 Å². The molecule has 3 heterocycles. The Kier molecular flexibility index (Phi) is 6.76. The Morgan fingerprint density at radius 2 is 1.65 bits per heavy atom. The van der Waals surface area contributed by atoms with Crippen molar-refractivity contribution in [2.24, 2.45) is 0 Å². The third-order valence-electron chi connectivity index (χ3n) is 6.92.